The second kappa shape index (κ2) is 9.02. The number of ether oxygens (including phenoxy) is 2. The standard InChI is InChI=1S/C22H24ClN3O4/c1-2-30-21-17(23)5-3-15-19(21)26(9-10-27)22-16(20(15)28)4-6-18(25-22)24-13-14-7-11-29-12-8-14/h3-6,10,14H,2,7-9,11-13H2,1H3,(H,24,25). The number of carbonyl (C=O) groups is 1. The summed E-state index contributed by atoms with van der Waals surface area (Å²) in [6, 6.07) is 6.87. The lowest BCUT2D eigenvalue weighted by atomic mass is 10.0. The number of pyridine rings is 2. The Balaban J connectivity index is 1.85. The average molecular weight is 430 g/mol. The van der Waals surface area contributed by atoms with Crippen molar-refractivity contribution in [3.8, 4) is 5.75 Å². The van der Waals surface area contributed by atoms with E-state index in [1.807, 2.05) is 6.92 Å². The molecule has 0 atom stereocenters. The molecule has 158 valence electrons. The number of aldehydes is 1. The number of rotatable bonds is 7. The summed E-state index contributed by atoms with van der Waals surface area (Å²) in [5, 5.41) is 4.65. The van der Waals surface area contributed by atoms with E-state index in [0.29, 0.717) is 51.1 Å². The van der Waals surface area contributed by atoms with Gasteiger partial charge in [-0.25, -0.2) is 4.98 Å². The van der Waals surface area contributed by atoms with Crippen LogP contribution in [0, 0.1) is 5.92 Å². The fourth-order valence-corrected chi connectivity index (χ4v) is 4.12. The van der Waals surface area contributed by atoms with Gasteiger partial charge in [0.1, 0.15) is 17.8 Å². The van der Waals surface area contributed by atoms with Gasteiger partial charge >= 0.3 is 0 Å². The van der Waals surface area contributed by atoms with Crippen LogP contribution in [-0.4, -0.2) is 42.2 Å². The first-order chi connectivity index (χ1) is 14.6. The molecule has 7 nitrogen and oxygen atoms in total. The summed E-state index contributed by atoms with van der Waals surface area (Å²) in [5.74, 6) is 1.57. The van der Waals surface area contributed by atoms with E-state index in [-0.39, 0.29) is 12.0 Å². The molecule has 3 aromatic rings. The molecule has 1 N–H and O–H groups in total. The highest BCUT2D eigenvalue weighted by atomic mass is 35.5. The minimum Gasteiger partial charge on any atom is -0.490 e. The highest BCUT2D eigenvalue weighted by Gasteiger charge is 2.19. The fraction of sp³-hybridized carbons (Fsp3) is 0.409. The second-order valence-electron chi connectivity index (χ2n) is 7.32. The predicted octanol–water partition coefficient (Wildman–Crippen LogP) is 3.64. The van der Waals surface area contributed by atoms with Crippen molar-refractivity contribution >= 4 is 45.6 Å². The summed E-state index contributed by atoms with van der Waals surface area (Å²) in [5.41, 5.74) is 0.756. The summed E-state index contributed by atoms with van der Waals surface area (Å²) in [6.45, 7) is 4.60. The quantitative estimate of drug-likeness (QED) is 0.456. The van der Waals surface area contributed by atoms with Crippen LogP contribution >= 0.6 is 11.6 Å². The number of halogens is 1. The summed E-state index contributed by atoms with van der Waals surface area (Å²) < 4.78 is 12.8. The molecule has 8 heteroatoms. The second-order valence-corrected chi connectivity index (χ2v) is 7.72. The zero-order valence-corrected chi connectivity index (χ0v) is 17.6. The van der Waals surface area contributed by atoms with Crippen LogP contribution in [0.4, 0.5) is 5.82 Å². The molecule has 2 aromatic heterocycles. The highest BCUT2D eigenvalue weighted by molar-refractivity contribution is 6.33. The lowest BCUT2D eigenvalue weighted by Gasteiger charge is -2.22. The number of carbonyl (C=O) groups excluding carboxylic acids is 1. The number of hydrogen-bond donors (Lipinski definition) is 1. The first-order valence-corrected chi connectivity index (χ1v) is 10.6. The molecular weight excluding hydrogens is 406 g/mol. The highest BCUT2D eigenvalue weighted by Crippen LogP contribution is 2.34. The van der Waals surface area contributed by atoms with E-state index in [9.17, 15) is 9.59 Å². The topological polar surface area (TPSA) is 82.4 Å². The Morgan fingerprint density at radius 3 is 2.77 bits per heavy atom. The van der Waals surface area contributed by atoms with Crippen LogP contribution in [0.15, 0.2) is 29.1 Å². The van der Waals surface area contributed by atoms with Crippen molar-refractivity contribution in [2.75, 3.05) is 31.7 Å². The number of nitrogens with one attached hydrogen (secondary N) is 1. The van der Waals surface area contributed by atoms with Crippen molar-refractivity contribution in [1.29, 1.82) is 0 Å². The van der Waals surface area contributed by atoms with Crippen LogP contribution in [0.2, 0.25) is 5.02 Å². The largest absolute Gasteiger partial charge is 0.490 e. The van der Waals surface area contributed by atoms with E-state index in [0.717, 1.165) is 38.9 Å². The first-order valence-electron chi connectivity index (χ1n) is 10.2. The average Bonchev–Trinajstić information content (AvgIpc) is 2.77. The number of benzene rings is 1. The van der Waals surface area contributed by atoms with Crippen LogP contribution in [-0.2, 0) is 16.1 Å². The van der Waals surface area contributed by atoms with Crippen LogP contribution in [0.3, 0.4) is 0 Å². The van der Waals surface area contributed by atoms with Crippen molar-refractivity contribution in [2.45, 2.75) is 26.3 Å². The molecule has 1 aliphatic heterocycles. The lowest BCUT2D eigenvalue weighted by Crippen LogP contribution is -2.23. The van der Waals surface area contributed by atoms with Crippen molar-refractivity contribution in [2.24, 2.45) is 5.92 Å². The molecule has 0 bridgehead atoms. The van der Waals surface area contributed by atoms with Crippen LogP contribution in [0.5, 0.6) is 5.75 Å². The van der Waals surface area contributed by atoms with Crippen molar-refractivity contribution < 1.29 is 14.3 Å². The normalized spacial score (nSPS) is 14.9. The van der Waals surface area contributed by atoms with Gasteiger partial charge in [0, 0.05) is 19.8 Å². The molecule has 1 aromatic carbocycles. The van der Waals surface area contributed by atoms with Crippen LogP contribution < -0.4 is 15.5 Å². The van der Waals surface area contributed by atoms with E-state index >= 15 is 0 Å². The minimum absolute atomic E-state index is 0.0319. The molecule has 1 saturated heterocycles. The Labute approximate surface area is 178 Å². The molecule has 0 spiro atoms. The van der Waals surface area contributed by atoms with Gasteiger partial charge in [-0.1, -0.05) is 11.6 Å². The molecule has 30 heavy (non-hydrogen) atoms. The molecule has 0 unspecified atom stereocenters. The number of fused-ring (bicyclic) bond motifs is 2. The van der Waals surface area contributed by atoms with Crippen LogP contribution in [0.25, 0.3) is 21.9 Å². The Morgan fingerprint density at radius 1 is 1.27 bits per heavy atom. The van der Waals surface area contributed by atoms with Gasteiger partial charge in [0.25, 0.3) is 0 Å². The van der Waals surface area contributed by atoms with Crippen molar-refractivity contribution in [3.63, 3.8) is 0 Å². The van der Waals surface area contributed by atoms with E-state index in [2.05, 4.69) is 10.3 Å². The summed E-state index contributed by atoms with van der Waals surface area (Å²) >= 11 is 6.35. The van der Waals surface area contributed by atoms with Gasteiger partial charge < -0.3 is 24.2 Å². The van der Waals surface area contributed by atoms with Gasteiger partial charge in [-0.05, 0) is 49.9 Å². The molecule has 0 aliphatic carbocycles. The van der Waals surface area contributed by atoms with Crippen LogP contribution in [0.1, 0.15) is 19.8 Å². The lowest BCUT2D eigenvalue weighted by molar-refractivity contribution is -0.108. The SMILES string of the molecule is CCOc1c(Cl)ccc2c(=O)c3ccc(NCC4CCOCC4)nc3n(CC=O)c12. The van der Waals surface area contributed by atoms with Gasteiger partial charge in [-0.3, -0.25) is 4.79 Å². The maximum absolute atomic E-state index is 13.2. The maximum atomic E-state index is 13.2. The third-order valence-corrected chi connectivity index (χ3v) is 5.73. The molecule has 1 fully saturated rings. The predicted molar refractivity (Wildman–Crippen MR) is 118 cm³/mol. The Morgan fingerprint density at radius 2 is 2.03 bits per heavy atom. The van der Waals surface area contributed by atoms with Crippen molar-refractivity contribution in [3.05, 3.63) is 39.5 Å². The van der Waals surface area contributed by atoms with Gasteiger partial charge in [-0.2, -0.15) is 0 Å². The Hall–Kier alpha value is -2.64. The molecule has 0 saturated carbocycles. The summed E-state index contributed by atoms with van der Waals surface area (Å²) in [6.07, 6.45) is 2.80. The molecule has 4 rings (SSSR count). The molecule has 3 heterocycles. The summed E-state index contributed by atoms with van der Waals surface area (Å²) in [7, 11) is 0. The number of anilines is 1. The molecule has 0 amide bonds. The van der Waals surface area contributed by atoms with Gasteiger partial charge in [0.15, 0.2) is 11.2 Å². The fourth-order valence-electron chi connectivity index (χ4n) is 3.91. The Kier molecular flexibility index (Phi) is 6.20. The molecule has 0 radical (unpaired) electrons. The third kappa shape index (κ3) is 3.87. The minimum atomic E-state index is -0.164. The molecule has 1 aliphatic rings. The zero-order valence-electron chi connectivity index (χ0n) is 16.8. The van der Waals surface area contributed by atoms with E-state index < -0.39 is 0 Å². The third-order valence-electron chi connectivity index (χ3n) is 5.43. The Bertz CT molecular complexity index is 1140. The maximum Gasteiger partial charge on any atom is 0.199 e. The van der Waals surface area contributed by atoms with E-state index in [4.69, 9.17) is 21.1 Å². The van der Waals surface area contributed by atoms with Gasteiger partial charge in [0.05, 0.1) is 34.5 Å². The van der Waals surface area contributed by atoms with Gasteiger partial charge in [-0.15, -0.1) is 0 Å². The number of hydrogen-bond acceptors (Lipinski definition) is 6. The van der Waals surface area contributed by atoms with E-state index in [1.165, 1.54) is 0 Å². The smallest absolute Gasteiger partial charge is 0.199 e. The number of aromatic nitrogens is 2. The van der Waals surface area contributed by atoms with Crippen molar-refractivity contribution in [1.82, 2.24) is 9.55 Å². The van der Waals surface area contributed by atoms with E-state index in [1.54, 1.807) is 28.8 Å². The monoisotopic (exact) mass is 429 g/mol. The summed E-state index contributed by atoms with van der Waals surface area (Å²) in [4.78, 5) is 29.3. The molecular formula is C22H24ClN3O4. The first kappa shape index (κ1) is 20.6. The zero-order chi connectivity index (χ0) is 21.1. The van der Waals surface area contributed by atoms with Gasteiger partial charge in [0.2, 0.25) is 0 Å². The number of nitrogens with zero attached hydrogens (tertiary/aromatic N) is 2.